The number of carbonyl (C=O) groups excluding carboxylic acids is 2. The summed E-state index contributed by atoms with van der Waals surface area (Å²) >= 11 is 0. The third-order valence-corrected chi connectivity index (χ3v) is 7.17. The van der Waals surface area contributed by atoms with Crippen LogP contribution >= 0.6 is 0 Å². The maximum absolute atomic E-state index is 13.3. The molecule has 186 valence electrons. The molecule has 2 fully saturated rings. The van der Waals surface area contributed by atoms with Crippen LogP contribution in [0, 0.1) is 11.3 Å². The number of aryl methyl sites for hydroxylation is 1. The molecule has 1 saturated heterocycles. The van der Waals surface area contributed by atoms with Crippen LogP contribution < -0.4 is 20.7 Å². The summed E-state index contributed by atoms with van der Waals surface area (Å²) in [4.78, 5) is 27.3. The first-order valence-electron chi connectivity index (χ1n) is 12.3. The number of methoxy groups -OCH3 is 1. The molecule has 4 rings (SSSR count). The molecular formula is C27H35N5O3. The van der Waals surface area contributed by atoms with Gasteiger partial charge in [-0.2, -0.15) is 0 Å². The van der Waals surface area contributed by atoms with E-state index in [4.69, 9.17) is 10.1 Å². The Kier molecular flexibility index (Phi) is 7.58. The molecule has 3 amide bonds. The summed E-state index contributed by atoms with van der Waals surface area (Å²) in [5, 5.41) is 17.5. The van der Waals surface area contributed by atoms with E-state index in [2.05, 4.69) is 28.1 Å². The van der Waals surface area contributed by atoms with Crippen LogP contribution in [0.2, 0.25) is 0 Å². The standard InChI is InChI=1S/C27H35N5O3/c1-32-24(33)27(31-25(32)28,15-14-19-8-4-3-5-9-19)18-20-10-6-11-21(16-20)29-26(34)30-22-12-7-13-23(17-22)35-2/h3-5,7-9,12-13,17,20-21H,6,10-11,14-16,18H2,1-2H3,(H2,28,31)(H2,29,30,34)/t20-,21+,27+/m0/s1. The second kappa shape index (κ2) is 10.8. The van der Waals surface area contributed by atoms with Crippen LogP contribution in [0.1, 0.15) is 44.1 Å². The Labute approximate surface area is 206 Å². The van der Waals surface area contributed by atoms with Crippen molar-refractivity contribution in [3.8, 4) is 5.75 Å². The van der Waals surface area contributed by atoms with Crippen molar-refractivity contribution in [1.82, 2.24) is 15.5 Å². The highest BCUT2D eigenvalue weighted by Gasteiger charge is 2.49. The summed E-state index contributed by atoms with van der Waals surface area (Å²) in [5.41, 5.74) is 1.08. The fraction of sp³-hybridized carbons (Fsp3) is 0.444. The van der Waals surface area contributed by atoms with Gasteiger partial charge in [-0.15, -0.1) is 0 Å². The largest absolute Gasteiger partial charge is 0.497 e. The summed E-state index contributed by atoms with van der Waals surface area (Å²) in [6.45, 7) is 0. The Bertz CT molecular complexity index is 1060. The van der Waals surface area contributed by atoms with Gasteiger partial charge in [0.2, 0.25) is 0 Å². The molecule has 35 heavy (non-hydrogen) atoms. The fourth-order valence-electron chi connectivity index (χ4n) is 5.35. The van der Waals surface area contributed by atoms with E-state index in [9.17, 15) is 9.59 Å². The molecular weight excluding hydrogens is 442 g/mol. The van der Waals surface area contributed by atoms with E-state index in [0.29, 0.717) is 24.3 Å². The number of likely N-dealkylation sites (N-methyl/N-ethyl adjacent to an activating group) is 1. The van der Waals surface area contributed by atoms with Crippen molar-refractivity contribution < 1.29 is 14.3 Å². The highest BCUT2D eigenvalue weighted by atomic mass is 16.5. The maximum Gasteiger partial charge on any atom is 0.319 e. The lowest BCUT2D eigenvalue weighted by Crippen LogP contribution is -2.50. The van der Waals surface area contributed by atoms with E-state index in [1.54, 1.807) is 20.2 Å². The molecule has 0 radical (unpaired) electrons. The predicted octanol–water partition coefficient (Wildman–Crippen LogP) is 4.13. The minimum Gasteiger partial charge on any atom is -0.497 e. The molecule has 4 N–H and O–H groups in total. The van der Waals surface area contributed by atoms with E-state index in [1.807, 2.05) is 36.4 Å². The summed E-state index contributed by atoms with van der Waals surface area (Å²) in [7, 11) is 3.26. The van der Waals surface area contributed by atoms with E-state index < -0.39 is 5.54 Å². The van der Waals surface area contributed by atoms with Gasteiger partial charge in [-0.25, -0.2) is 4.79 Å². The Morgan fingerprint density at radius 2 is 2.00 bits per heavy atom. The number of benzene rings is 2. The zero-order valence-electron chi connectivity index (χ0n) is 20.5. The number of hydrogen-bond acceptors (Lipinski definition) is 4. The minimum absolute atomic E-state index is 0.0377. The molecule has 1 aliphatic heterocycles. The van der Waals surface area contributed by atoms with Crippen molar-refractivity contribution in [2.24, 2.45) is 5.92 Å². The average Bonchev–Trinajstić information content (AvgIpc) is 3.07. The molecule has 0 aromatic heterocycles. The Balaban J connectivity index is 1.39. The van der Waals surface area contributed by atoms with Gasteiger partial charge in [0, 0.05) is 24.8 Å². The number of ether oxygens (including phenoxy) is 1. The third-order valence-electron chi connectivity index (χ3n) is 7.17. The van der Waals surface area contributed by atoms with Crippen molar-refractivity contribution in [3.05, 3.63) is 60.2 Å². The van der Waals surface area contributed by atoms with Crippen LogP contribution in [0.25, 0.3) is 0 Å². The van der Waals surface area contributed by atoms with Crippen LogP contribution in [-0.2, 0) is 11.2 Å². The van der Waals surface area contributed by atoms with Crippen LogP contribution in [-0.4, -0.2) is 48.5 Å². The molecule has 0 bridgehead atoms. The van der Waals surface area contributed by atoms with Crippen molar-refractivity contribution in [3.63, 3.8) is 0 Å². The molecule has 2 aromatic rings. The molecule has 3 atom stereocenters. The van der Waals surface area contributed by atoms with Crippen molar-refractivity contribution in [1.29, 1.82) is 5.41 Å². The number of guanidine groups is 1. The first-order valence-corrected chi connectivity index (χ1v) is 12.3. The zero-order chi connectivity index (χ0) is 24.8. The summed E-state index contributed by atoms with van der Waals surface area (Å²) < 4.78 is 5.22. The van der Waals surface area contributed by atoms with Gasteiger partial charge in [-0.3, -0.25) is 15.1 Å². The van der Waals surface area contributed by atoms with E-state index in [0.717, 1.165) is 32.1 Å². The average molecular weight is 478 g/mol. The zero-order valence-corrected chi connectivity index (χ0v) is 20.5. The number of rotatable bonds is 8. The third kappa shape index (κ3) is 5.93. The fourth-order valence-corrected chi connectivity index (χ4v) is 5.35. The number of urea groups is 1. The number of nitrogens with one attached hydrogen (secondary N) is 4. The van der Waals surface area contributed by atoms with Crippen LogP contribution in [0.4, 0.5) is 10.5 Å². The number of amides is 3. The van der Waals surface area contributed by atoms with Gasteiger partial charge in [-0.1, -0.05) is 49.2 Å². The first kappa shape index (κ1) is 24.6. The molecule has 0 unspecified atom stereocenters. The van der Waals surface area contributed by atoms with Gasteiger partial charge in [0.1, 0.15) is 11.3 Å². The number of anilines is 1. The van der Waals surface area contributed by atoms with Gasteiger partial charge >= 0.3 is 6.03 Å². The van der Waals surface area contributed by atoms with Gasteiger partial charge in [-0.05, 0) is 55.7 Å². The van der Waals surface area contributed by atoms with Gasteiger partial charge in [0.05, 0.1) is 7.11 Å². The summed E-state index contributed by atoms with van der Waals surface area (Å²) in [6, 6.07) is 17.2. The normalized spacial score (nSPS) is 24.1. The van der Waals surface area contributed by atoms with E-state index in [-0.39, 0.29) is 29.9 Å². The van der Waals surface area contributed by atoms with Gasteiger partial charge in [0.15, 0.2) is 5.96 Å². The molecule has 0 spiro atoms. The Hall–Kier alpha value is -3.55. The van der Waals surface area contributed by atoms with E-state index in [1.165, 1.54) is 10.5 Å². The molecule has 1 saturated carbocycles. The highest BCUT2D eigenvalue weighted by molar-refractivity contribution is 6.07. The quantitative estimate of drug-likeness (QED) is 0.459. The lowest BCUT2D eigenvalue weighted by atomic mass is 9.75. The summed E-state index contributed by atoms with van der Waals surface area (Å²) in [6.07, 6.45) is 5.77. The molecule has 1 heterocycles. The Morgan fingerprint density at radius 3 is 2.71 bits per heavy atom. The highest BCUT2D eigenvalue weighted by Crippen LogP contribution is 2.36. The maximum atomic E-state index is 13.3. The molecule has 1 aliphatic carbocycles. The Morgan fingerprint density at radius 1 is 1.20 bits per heavy atom. The minimum atomic E-state index is -0.781. The van der Waals surface area contributed by atoms with Crippen molar-refractivity contribution in [2.45, 2.75) is 56.5 Å². The molecule has 2 aromatic carbocycles. The predicted molar refractivity (Wildman–Crippen MR) is 137 cm³/mol. The van der Waals surface area contributed by atoms with Crippen LogP contribution in [0.5, 0.6) is 5.75 Å². The molecule has 8 nitrogen and oxygen atoms in total. The second-order valence-corrected chi connectivity index (χ2v) is 9.67. The van der Waals surface area contributed by atoms with Crippen molar-refractivity contribution in [2.75, 3.05) is 19.5 Å². The lowest BCUT2D eigenvalue weighted by molar-refractivity contribution is -0.131. The second-order valence-electron chi connectivity index (χ2n) is 9.67. The number of nitrogens with zero attached hydrogens (tertiary/aromatic N) is 1. The molecule has 2 aliphatic rings. The first-order chi connectivity index (χ1) is 16.9. The monoisotopic (exact) mass is 477 g/mol. The molecule has 8 heteroatoms. The summed E-state index contributed by atoms with van der Waals surface area (Å²) in [5.74, 6) is 1.08. The van der Waals surface area contributed by atoms with Crippen LogP contribution in [0.15, 0.2) is 54.6 Å². The van der Waals surface area contributed by atoms with E-state index >= 15 is 0 Å². The number of hydrogen-bond donors (Lipinski definition) is 4. The SMILES string of the molecule is COc1cccc(NC(=O)N[C@@H]2CCC[C@H](C[C@@]3(CCc4ccccc4)NC(=N)N(C)C3=O)C2)c1. The van der Waals surface area contributed by atoms with Gasteiger partial charge in [0.25, 0.3) is 5.91 Å². The lowest BCUT2D eigenvalue weighted by Gasteiger charge is -2.36. The van der Waals surface area contributed by atoms with Crippen LogP contribution in [0.3, 0.4) is 0 Å². The smallest absolute Gasteiger partial charge is 0.319 e. The van der Waals surface area contributed by atoms with Crippen molar-refractivity contribution >= 4 is 23.6 Å². The number of carbonyl (C=O) groups is 2. The van der Waals surface area contributed by atoms with Gasteiger partial charge < -0.3 is 20.7 Å². The topological polar surface area (TPSA) is 107 Å².